The Labute approximate surface area is 169 Å². The van der Waals surface area contributed by atoms with Gasteiger partial charge in [0.15, 0.2) is 17.3 Å². The number of alkyl halides is 3. The highest BCUT2D eigenvalue weighted by Gasteiger charge is 2.66. The Balaban J connectivity index is 2.18. The first-order valence-corrected chi connectivity index (χ1v) is 8.83. The number of methoxy groups -OCH3 is 1. The summed E-state index contributed by atoms with van der Waals surface area (Å²) in [5, 5.41) is 24.1. The second-order valence-electron chi connectivity index (χ2n) is 6.98. The molecule has 0 spiro atoms. The van der Waals surface area contributed by atoms with Crippen LogP contribution in [-0.4, -0.2) is 41.0 Å². The van der Waals surface area contributed by atoms with E-state index in [2.05, 4.69) is 5.32 Å². The number of nitrogens with one attached hydrogen (secondary N) is 2. The first kappa shape index (κ1) is 21.4. The summed E-state index contributed by atoms with van der Waals surface area (Å²) >= 11 is 0. The molecule has 1 aliphatic rings. The van der Waals surface area contributed by atoms with Gasteiger partial charge in [-0.1, -0.05) is 35.9 Å². The molecule has 3 rings (SSSR count). The fraction of sp³-hybridized carbons (Fsp3) is 0.300. The van der Waals surface area contributed by atoms with Crippen LogP contribution in [0.5, 0.6) is 11.5 Å². The first-order valence-electron chi connectivity index (χ1n) is 8.83. The van der Waals surface area contributed by atoms with Crippen LogP contribution in [0, 0.1) is 12.8 Å². The SMILES string of the molecule is COc1cc([C@@H]2NC(=O)N[C@](O)(C(F)(F)F)[C@@H]2C(=O)c2ccc(C)cc2)ccc1O. The van der Waals surface area contributed by atoms with Crippen LogP contribution in [0.1, 0.15) is 27.5 Å². The summed E-state index contributed by atoms with van der Waals surface area (Å²) in [4.78, 5) is 25.2. The molecule has 1 saturated heterocycles. The van der Waals surface area contributed by atoms with Crippen LogP contribution in [-0.2, 0) is 0 Å². The number of halogens is 3. The zero-order valence-corrected chi connectivity index (χ0v) is 15.9. The van der Waals surface area contributed by atoms with Crippen LogP contribution in [0.2, 0.25) is 0 Å². The van der Waals surface area contributed by atoms with E-state index in [4.69, 9.17) is 4.74 Å². The maximum absolute atomic E-state index is 13.9. The van der Waals surface area contributed by atoms with E-state index in [1.54, 1.807) is 19.1 Å². The Kier molecular flexibility index (Phi) is 5.38. The van der Waals surface area contributed by atoms with Crippen molar-refractivity contribution in [3.8, 4) is 11.5 Å². The van der Waals surface area contributed by atoms with Crippen molar-refractivity contribution in [3.63, 3.8) is 0 Å². The zero-order valence-electron chi connectivity index (χ0n) is 15.9. The minimum atomic E-state index is -5.35. The number of aryl methyl sites for hydroxylation is 1. The summed E-state index contributed by atoms with van der Waals surface area (Å²) in [5.74, 6) is -3.54. The molecular formula is C20H19F3N2O5. The molecule has 7 nitrogen and oxygen atoms in total. The number of hydrogen-bond donors (Lipinski definition) is 4. The Bertz CT molecular complexity index is 977. The van der Waals surface area contributed by atoms with Crippen LogP contribution in [0.25, 0.3) is 0 Å². The maximum atomic E-state index is 13.9. The Morgan fingerprint density at radius 2 is 1.80 bits per heavy atom. The number of phenolic OH excluding ortho intramolecular Hbond substituents is 1. The number of carbonyl (C=O) groups is 2. The Morgan fingerprint density at radius 3 is 2.37 bits per heavy atom. The quantitative estimate of drug-likeness (QED) is 0.565. The monoisotopic (exact) mass is 424 g/mol. The maximum Gasteiger partial charge on any atom is 0.437 e. The van der Waals surface area contributed by atoms with Crippen molar-refractivity contribution in [2.24, 2.45) is 5.92 Å². The molecule has 1 aliphatic heterocycles. The number of ether oxygens (including phenoxy) is 1. The molecule has 30 heavy (non-hydrogen) atoms. The smallest absolute Gasteiger partial charge is 0.437 e. The lowest BCUT2D eigenvalue weighted by Gasteiger charge is -2.45. The number of carbonyl (C=O) groups excluding carboxylic acids is 2. The van der Waals surface area contributed by atoms with E-state index in [1.165, 1.54) is 36.7 Å². The summed E-state index contributed by atoms with van der Waals surface area (Å²) in [6.07, 6.45) is -5.35. The second kappa shape index (κ2) is 7.52. The van der Waals surface area contributed by atoms with Gasteiger partial charge in [-0.05, 0) is 24.6 Å². The number of rotatable bonds is 4. The summed E-state index contributed by atoms with van der Waals surface area (Å²) in [6.45, 7) is 1.74. The molecule has 0 unspecified atom stereocenters. The third kappa shape index (κ3) is 3.65. The number of Topliss-reactive ketones (excluding diaryl/α,β-unsaturated/α-hetero) is 1. The molecule has 2 aromatic rings. The molecule has 3 atom stereocenters. The molecule has 4 N–H and O–H groups in total. The largest absolute Gasteiger partial charge is 0.504 e. The van der Waals surface area contributed by atoms with Crippen molar-refractivity contribution in [1.29, 1.82) is 0 Å². The molecule has 0 aromatic heterocycles. The topological polar surface area (TPSA) is 108 Å². The van der Waals surface area contributed by atoms with Crippen molar-refractivity contribution in [2.75, 3.05) is 7.11 Å². The van der Waals surface area contributed by atoms with Gasteiger partial charge in [-0.2, -0.15) is 13.2 Å². The van der Waals surface area contributed by atoms with Gasteiger partial charge in [0, 0.05) is 5.56 Å². The normalized spacial score (nSPS) is 24.0. The van der Waals surface area contributed by atoms with Gasteiger partial charge in [0.25, 0.3) is 0 Å². The van der Waals surface area contributed by atoms with E-state index < -0.39 is 35.7 Å². The number of hydrogen-bond acceptors (Lipinski definition) is 5. The van der Waals surface area contributed by atoms with Gasteiger partial charge < -0.3 is 25.6 Å². The van der Waals surface area contributed by atoms with Crippen LogP contribution >= 0.6 is 0 Å². The van der Waals surface area contributed by atoms with Gasteiger partial charge in [-0.3, -0.25) is 4.79 Å². The van der Waals surface area contributed by atoms with E-state index in [0.29, 0.717) is 0 Å². The zero-order chi connectivity index (χ0) is 22.3. The lowest BCUT2D eigenvalue weighted by atomic mass is 9.77. The standard InChI is InChI=1S/C20H19F3N2O5/c1-10-3-5-11(6-4-10)17(27)15-16(12-7-8-13(26)14(9-12)30-2)24-18(28)25-19(15,29)20(21,22)23/h3-9,15-16,26,29H,1-2H3,(H2,24,25,28)/t15-,16-,19+/m0/s1. The van der Waals surface area contributed by atoms with E-state index in [1.807, 2.05) is 0 Å². The molecule has 0 saturated carbocycles. The summed E-state index contributed by atoms with van der Waals surface area (Å²) in [7, 11) is 1.24. The van der Waals surface area contributed by atoms with Gasteiger partial charge in [0.05, 0.1) is 13.2 Å². The van der Waals surface area contributed by atoms with E-state index in [-0.39, 0.29) is 22.6 Å². The van der Waals surface area contributed by atoms with Gasteiger partial charge in [-0.25, -0.2) is 4.79 Å². The molecule has 0 aliphatic carbocycles. The summed E-state index contributed by atoms with van der Waals surface area (Å²) < 4.78 is 46.6. The van der Waals surface area contributed by atoms with Gasteiger partial charge in [-0.15, -0.1) is 0 Å². The number of aromatic hydroxyl groups is 1. The number of phenols is 1. The lowest BCUT2D eigenvalue weighted by molar-refractivity contribution is -0.287. The second-order valence-corrected chi connectivity index (χ2v) is 6.98. The Hall–Kier alpha value is -3.27. The number of aliphatic hydroxyl groups is 1. The molecule has 0 radical (unpaired) electrons. The lowest BCUT2D eigenvalue weighted by Crippen LogP contribution is -2.72. The molecule has 1 fully saturated rings. The van der Waals surface area contributed by atoms with Crippen LogP contribution in [0.4, 0.5) is 18.0 Å². The molecule has 1 heterocycles. The van der Waals surface area contributed by atoms with E-state index in [0.717, 1.165) is 11.6 Å². The Morgan fingerprint density at radius 1 is 1.17 bits per heavy atom. The molecule has 2 amide bonds. The minimum Gasteiger partial charge on any atom is -0.504 e. The predicted molar refractivity (Wildman–Crippen MR) is 99.1 cm³/mol. The highest BCUT2D eigenvalue weighted by atomic mass is 19.4. The highest BCUT2D eigenvalue weighted by molar-refractivity contribution is 6.00. The van der Waals surface area contributed by atoms with Crippen LogP contribution in [0.15, 0.2) is 42.5 Å². The average Bonchev–Trinajstić information content (AvgIpc) is 2.67. The first-order chi connectivity index (χ1) is 14.0. The fourth-order valence-electron chi connectivity index (χ4n) is 3.40. The van der Waals surface area contributed by atoms with Crippen LogP contribution in [0.3, 0.4) is 0 Å². The van der Waals surface area contributed by atoms with E-state index >= 15 is 0 Å². The molecule has 0 bridgehead atoms. The van der Waals surface area contributed by atoms with Crippen molar-refractivity contribution < 1.29 is 37.7 Å². The van der Waals surface area contributed by atoms with Gasteiger partial charge >= 0.3 is 12.2 Å². The van der Waals surface area contributed by atoms with Crippen molar-refractivity contribution in [2.45, 2.75) is 24.9 Å². The highest BCUT2D eigenvalue weighted by Crippen LogP contribution is 2.45. The molecule has 160 valence electrons. The van der Waals surface area contributed by atoms with Gasteiger partial charge in [0.1, 0.15) is 5.92 Å². The summed E-state index contributed by atoms with van der Waals surface area (Å²) in [5.41, 5.74) is -3.07. The van der Waals surface area contributed by atoms with Crippen LogP contribution < -0.4 is 15.4 Å². The minimum absolute atomic E-state index is 0.0348. The summed E-state index contributed by atoms with van der Waals surface area (Å²) in [6, 6.07) is 6.51. The number of benzene rings is 2. The van der Waals surface area contributed by atoms with Crippen molar-refractivity contribution >= 4 is 11.8 Å². The molecule has 2 aromatic carbocycles. The van der Waals surface area contributed by atoms with E-state index in [9.17, 15) is 33.0 Å². The molecular weight excluding hydrogens is 405 g/mol. The third-order valence-corrected chi connectivity index (χ3v) is 4.99. The number of amides is 2. The fourth-order valence-corrected chi connectivity index (χ4v) is 3.40. The molecule has 10 heteroatoms. The predicted octanol–water partition coefficient (Wildman–Crippen LogP) is 2.81. The van der Waals surface area contributed by atoms with Crippen molar-refractivity contribution in [1.82, 2.24) is 10.6 Å². The third-order valence-electron chi connectivity index (χ3n) is 4.99. The average molecular weight is 424 g/mol. The van der Waals surface area contributed by atoms with Crippen molar-refractivity contribution in [3.05, 3.63) is 59.2 Å². The number of ketones is 1. The van der Waals surface area contributed by atoms with Gasteiger partial charge in [0.2, 0.25) is 5.72 Å². The number of urea groups is 1.